The van der Waals surface area contributed by atoms with Crippen LogP contribution in [0.3, 0.4) is 0 Å². The average Bonchev–Trinajstić information content (AvgIpc) is 2.29. The number of aliphatic hydroxyl groups is 1. The molecule has 1 aromatic carbocycles. The van der Waals surface area contributed by atoms with Gasteiger partial charge in [0.2, 0.25) is 0 Å². The van der Waals surface area contributed by atoms with Crippen LogP contribution < -0.4 is 4.74 Å². The van der Waals surface area contributed by atoms with Crippen LogP contribution in [0, 0.1) is 12.7 Å². The van der Waals surface area contributed by atoms with Crippen LogP contribution in [0.5, 0.6) is 5.75 Å². The number of aliphatic hydroxyl groups excluding tert-OH is 1. The third kappa shape index (κ3) is 2.14. The summed E-state index contributed by atoms with van der Waals surface area (Å²) in [5.74, 6) is -1.49. The van der Waals surface area contributed by atoms with Gasteiger partial charge in [-0.25, -0.2) is 9.18 Å². The lowest BCUT2D eigenvalue weighted by molar-refractivity contribution is -0.151. The lowest BCUT2D eigenvalue weighted by atomic mass is 10.0. The lowest BCUT2D eigenvalue weighted by Gasteiger charge is -2.15. The Labute approximate surface area is 92.6 Å². The minimum Gasteiger partial charge on any atom is -0.496 e. The number of ether oxygens (including phenoxy) is 2. The van der Waals surface area contributed by atoms with Gasteiger partial charge in [-0.3, -0.25) is 0 Å². The molecule has 0 aromatic heterocycles. The summed E-state index contributed by atoms with van der Waals surface area (Å²) in [5, 5.41) is 9.61. The third-order valence-corrected chi connectivity index (χ3v) is 2.24. The maximum absolute atomic E-state index is 13.5. The summed E-state index contributed by atoms with van der Waals surface area (Å²) in [7, 11) is 2.46. The number of halogens is 1. The van der Waals surface area contributed by atoms with E-state index in [0.29, 0.717) is 5.56 Å². The van der Waals surface area contributed by atoms with Gasteiger partial charge >= 0.3 is 5.97 Å². The first-order valence-corrected chi connectivity index (χ1v) is 4.61. The van der Waals surface area contributed by atoms with Crippen LogP contribution in [0.4, 0.5) is 4.39 Å². The first-order chi connectivity index (χ1) is 7.52. The summed E-state index contributed by atoms with van der Waals surface area (Å²) in [6.45, 7) is 1.69. The van der Waals surface area contributed by atoms with Crippen LogP contribution in [-0.2, 0) is 9.53 Å². The van der Waals surface area contributed by atoms with Gasteiger partial charge in [0, 0.05) is 0 Å². The molecule has 0 bridgehead atoms. The number of hydrogen-bond acceptors (Lipinski definition) is 4. The largest absolute Gasteiger partial charge is 0.496 e. The van der Waals surface area contributed by atoms with Gasteiger partial charge in [0.1, 0.15) is 11.6 Å². The van der Waals surface area contributed by atoms with E-state index in [-0.39, 0.29) is 11.3 Å². The number of rotatable bonds is 3. The Balaban J connectivity index is 3.30. The molecule has 0 aliphatic carbocycles. The van der Waals surface area contributed by atoms with E-state index in [9.17, 15) is 14.3 Å². The fraction of sp³-hybridized carbons (Fsp3) is 0.364. The number of methoxy groups -OCH3 is 2. The molecule has 1 rings (SSSR count). The molecular weight excluding hydrogens is 215 g/mol. The Bertz CT molecular complexity index is 403. The second kappa shape index (κ2) is 4.94. The average molecular weight is 228 g/mol. The monoisotopic (exact) mass is 228 g/mol. The molecule has 4 nitrogen and oxygen atoms in total. The maximum Gasteiger partial charge on any atom is 0.339 e. The van der Waals surface area contributed by atoms with Crippen LogP contribution >= 0.6 is 0 Å². The van der Waals surface area contributed by atoms with Crippen molar-refractivity contribution >= 4 is 5.97 Å². The number of carbonyl (C=O) groups is 1. The van der Waals surface area contributed by atoms with Crippen molar-refractivity contribution in [1.29, 1.82) is 0 Å². The van der Waals surface area contributed by atoms with E-state index >= 15 is 0 Å². The number of esters is 1. The summed E-state index contributed by atoms with van der Waals surface area (Å²) >= 11 is 0. The van der Waals surface area contributed by atoms with Gasteiger partial charge in [0.05, 0.1) is 19.8 Å². The number of hydrogen-bond donors (Lipinski definition) is 1. The van der Waals surface area contributed by atoms with E-state index in [1.165, 1.54) is 19.2 Å². The van der Waals surface area contributed by atoms with Gasteiger partial charge in [-0.15, -0.1) is 0 Å². The molecule has 88 valence electrons. The van der Waals surface area contributed by atoms with Gasteiger partial charge in [-0.1, -0.05) is 6.07 Å². The highest BCUT2D eigenvalue weighted by molar-refractivity contribution is 5.77. The van der Waals surface area contributed by atoms with Crippen molar-refractivity contribution in [3.8, 4) is 5.75 Å². The molecule has 0 spiro atoms. The van der Waals surface area contributed by atoms with Gasteiger partial charge in [-0.2, -0.15) is 0 Å². The Morgan fingerprint density at radius 2 is 2.06 bits per heavy atom. The molecule has 0 saturated heterocycles. The van der Waals surface area contributed by atoms with Crippen molar-refractivity contribution in [3.63, 3.8) is 0 Å². The predicted octanol–water partition coefficient (Wildman–Crippen LogP) is 1.35. The quantitative estimate of drug-likeness (QED) is 0.793. The Morgan fingerprint density at radius 1 is 1.44 bits per heavy atom. The first-order valence-electron chi connectivity index (χ1n) is 4.61. The van der Waals surface area contributed by atoms with Crippen molar-refractivity contribution in [3.05, 3.63) is 29.1 Å². The first kappa shape index (κ1) is 12.4. The van der Waals surface area contributed by atoms with Crippen LogP contribution in [0.1, 0.15) is 17.2 Å². The van der Waals surface area contributed by atoms with Crippen LogP contribution in [0.25, 0.3) is 0 Å². The van der Waals surface area contributed by atoms with Crippen molar-refractivity contribution < 1.29 is 23.8 Å². The number of carbonyl (C=O) groups excluding carboxylic acids is 1. The fourth-order valence-corrected chi connectivity index (χ4v) is 1.44. The molecule has 1 aromatic rings. The molecule has 0 aliphatic rings. The summed E-state index contributed by atoms with van der Waals surface area (Å²) in [6, 6.07) is 2.67. The van der Waals surface area contributed by atoms with Crippen molar-refractivity contribution in [1.82, 2.24) is 0 Å². The van der Waals surface area contributed by atoms with Crippen LogP contribution in [0.15, 0.2) is 12.1 Å². The molecule has 0 fully saturated rings. The molecule has 1 unspecified atom stereocenters. The fourth-order valence-electron chi connectivity index (χ4n) is 1.44. The van der Waals surface area contributed by atoms with E-state index < -0.39 is 17.9 Å². The summed E-state index contributed by atoms with van der Waals surface area (Å²) < 4.78 is 22.8. The molecular formula is C11H13FO4. The third-order valence-electron chi connectivity index (χ3n) is 2.24. The smallest absolute Gasteiger partial charge is 0.339 e. The lowest BCUT2D eigenvalue weighted by Crippen LogP contribution is -2.16. The predicted molar refractivity (Wildman–Crippen MR) is 54.7 cm³/mol. The van der Waals surface area contributed by atoms with E-state index in [1.807, 2.05) is 0 Å². The van der Waals surface area contributed by atoms with Crippen LogP contribution in [0.2, 0.25) is 0 Å². The van der Waals surface area contributed by atoms with Crippen molar-refractivity contribution in [2.45, 2.75) is 13.0 Å². The Morgan fingerprint density at radius 3 is 2.56 bits per heavy atom. The van der Waals surface area contributed by atoms with Crippen molar-refractivity contribution in [2.24, 2.45) is 0 Å². The van der Waals surface area contributed by atoms with E-state index in [0.717, 1.165) is 7.11 Å². The van der Waals surface area contributed by atoms with Crippen LogP contribution in [-0.4, -0.2) is 25.3 Å². The molecule has 0 saturated carbocycles. The summed E-state index contributed by atoms with van der Waals surface area (Å²) in [4.78, 5) is 11.1. The molecule has 5 heteroatoms. The summed E-state index contributed by atoms with van der Waals surface area (Å²) in [5.41, 5.74) is 0.427. The maximum atomic E-state index is 13.5. The highest BCUT2D eigenvalue weighted by atomic mass is 19.1. The molecule has 0 heterocycles. The molecule has 0 radical (unpaired) electrons. The second-order valence-corrected chi connectivity index (χ2v) is 3.24. The topological polar surface area (TPSA) is 55.8 Å². The van der Waals surface area contributed by atoms with E-state index in [4.69, 9.17) is 4.74 Å². The minimum atomic E-state index is -1.68. The van der Waals surface area contributed by atoms with Gasteiger partial charge in [0.15, 0.2) is 6.10 Å². The zero-order valence-corrected chi connectivity index (χ0v) is 9.28. The Hall–Kier alpha value is -1.62. The molecule has 1 atom stereocenters. The van der Waals surface area contributed by atoms with E-state index in [2.05, 4.69) is 4.74 Å². The minimum absolute atomic E-state index is 0.151. The molecule has 0 aliphatic heterocycles. The standard InChI is InChI=1S/C11H13FO4/c1-6-4-5-7(12)8(10(6)15-2)9(13)11(14)16-3/h4-5,9,13H,1-3H3. The van der Waals surface area contributed by atoms with E-state index in [1.54, 1.807) is 6.92 Å². The highest BCUT2D eigenvalue weighted by Gasteiger charge is 2.26. The zero-order valence-electron chi connectivity index (χ0n) is 9.28. The SMILES string of the molecule is COC(=O)C(O)c1c(F)ccc(C)c1OC. The summed E-state index contributed by atoms with van der Waals surface area (Å²) in [6.07, 6.45) is -1.68. The molecule has 1 N–H and O–H groups in total. The van der Waals surface area contributed by atoms with Gasteiger partial charge in [0.25, 0.3) is 0 Å². The van der Waals surface area contributed by atoms with Gasteiger partial charge < -0.3 is 14.6 Å². The second-order valence-electron chi connectivity index (χ2n) is 3.24. The van der Waals surface area contributed by atoms with Crippen molar-refractivity contribution in [2.75, 3.05) is 14.2 Å². The number of benzene rings is 1. The normalized spacial score (nSPS) is 12.1. The Kier molecular flexibility index (Phi) is 3.84. The molecule has 0 amide bonds. The molecule has 16 heavy (non-hydrogen) atoms. The highest BCUT2D eigenvalue weighted by Crippen LogP contribution is 2.31. The zero-order chi connectivity index (χ0) is 12.3. The number of aryl methyl sites for hydroxylation is 1. The van der Waals surface area contributed by atoms with Gasteiger partial charge in [-0.05, 0) is 18.6 Å².